The Morgan fingerprint density at radius 1 is 1.47 bits per heavy atom. The highest BCUT2D eigenvalue weighted by Gasteiger charge is 2.15. The first kappa shape index (κ1) is 12.3. The van der Waals surface area contributed by atoms with Gasteiger partial charge in [-0.3, -0.25) is 0 Å². The van der Waals surface area contributed by atoms with Crippen molar-refractivity contribution >= 4 is 6.03 Å². The van der Waals surface area contributed by atoms with Crippen molar-refractivity contribution in [2.75, 3.05) is 13.1 Å². The second-order valence-corrected chi connectivity index (χ2v) is 5.21. The van der Waals surface area contributed by atoms with Crippen LogP contribution in [0.3, 0.4) is 0 Å². The van der Waals surface area contributed by atoms with E-state index >= 15 is 0 Å². The molecule has 88 valence electrons. The molecule has 0 saturated carbocycles. The van der Waals surface area contributed by atoms with Gasteiger partial charge in [0, 0.05) is 18.1 Å². The fraction of sp³-hybridized carbons (Fsp3) is 0.909. The van der Waals surface area contributed by atoms with E-state index in [1.54, 1.807) is 0 Å². The Labute approximate surface area is 92.2 Å². The molecule has 0 spiro atoms. The van der Waals surface area contributed by atoms with E-state index in [2.05, 4.69) is 16.0 Å². The molecule has 4 heteroatoms. The molecule has 0 bridgehead atoms. The van der Waals surface area contributed by atoms with Crippen LogP contribution in [-0.2, 0) is 0 Å². The van der Waals surface area contributed by atoms with Gasteiger partial charge in [0.1, 0.15) is 0 Å². The predicted molar refractivity (Wildman–Crippen MR) is 61.9 cm³/mol. The molecule has 1 aliphatic rings. The lowest BCUT2D eigenvalue weighted by atomic mass is 10.1. The number of rotatable bonds is 3. The first-order valence-electron chi connectivity index (χ1n) is 5.77. The Morgan fingerprint density at radius 2 is 2.20 bits per heavy atom. The van der Waals surface area contributed by atoms with Crippen LogP contribution in [0.4, 0.5) is 4.79 Å². The summed E-state index contributed by atoms with van der Waals surface area (Å²) in [7, 11) is 0. The molecule has 0 unspecified atom stereocenters. The second kappa shape index (κ2) is 5.35. The van der Waals surface area contributed by atoms with Gasteiger partial charge in [0.05, 0.1) is 0 Å². The van der Waals surface area contributed by atoms with Crippen LogP contribution < -0.4 is 16.0 Å². The van der Waals surface area contributed by atoms with Gasteiger partial charge in [-0.25, -0.2) is 4.79 Å². The second-order valence-electron chi connectivity index (χ2n) is 5.21. The third-order valence-corrected chi connectivity index (χ3v) is 2.43. The van der Waals surface area contributed by atoms with E-state index in [4.69, 9.17) is 0 Å². The van der Waals surface area contributed by atoms with Crippen LogP contribution in [0.2, 0.25) is 0 Å². The Morgan fingerprint density at radius 3 is 2.73 bits per heavy atom. The van der Waals surface area contributed by atoms with Crippen molar-refractivity contribution in [1.29, 1.82) is 0 Å². The Bertz CT molecular complexity index is 204. The monoisotopic (exact) mass is 213 g/mol. The van der Waals surface area contributed by atoms with Crippen molar-refractivity contribution in [3.8, 4) is 0 Å². The van der Waals surface area contributed by atoms with Gasteiger partial charge in [-0.2, -0.15) is 0 Å². The minimum Gasteiger partial charge on any atom is -0.338 e. The molecule has 2 amide bonds. The lowest BCUT2D eigenvalue weighted by molar-refractivity contribution is 0.231. The first-order valence-corrected chi connectivity index (χ1v) is 5.77. The van der Waals surface area contributed by atoms with Gasteiger partial charge < -0.3 is 16.0 Å². The zero-order valence-electron chi connectivity index (χ0n) is 10.0. The number of nitrogens with one attached hydrogen (secondary N) is 3. The van der Waals surface area contributed by atoms with E-state index in [0.717, 1.165) is 19.5 Å². The van der Waals surface area contributed by atoms with E-state index in [1.807, 2.05) is 20.8 Å². The number of hydrogen-bond acceptors (Lipinski definition) is 2. The van der Waals surface area contributed by atoms with Crippen LogP contribution >= 0.6 is 0 Å². The maximum Gasteiger partial charge on any atom is 0.315 e. The third-order valence-electron chi connectivity index (χ3n) is 2.43. The Balaban J connectivity index is 2.06. The third kappa shape index (κ3) is 5.62. The van der Waals surface area contributed by atoms with Crippen molar-refractivity contribution in [3.63, 3.8) is 0 Å². The zero-order chi connectivity index (χ0) is 11.3. The summed E-state index contributed by atoms with van der Waals surface area (Å²) in [5, 5.41) is 9.16. The summed E-state index contributed by atoms with van der Waals surface area (Å²) < 4.78 is 0. The topological polar surface area (TPSA) is 53.2 Å². The van der Waals surface area contributed by atoms with Crippen LogP contribution in [0.25, 0.3) is 0 Å². The summed E-state index contributed by atoms with van der Waals surface area (Å²) in [6.45, 7) is 7.81. The summed E-state index contributed by atoms with van der Waals surface area (Å²) in [6.07, 6.45) is 3.53. The molecule has 1 aliphatic heterocycles. The quantitative estimate of drug-likeness (QED) is 0.660. The van der Waals surface area contributed by atoms with Crippen LogP contribution in [0.5, 0.6) is 0 Å². The largest absolute Gasteiger partial charge is 0.338 e. The number of carbonyl (C=O) groups excluding carboxylic acids is 1. The summed E-state index contributed by atoms with van der Waals surface area (Å²) in [5.41, 5.74) is -0.157. The van der Waals surface area contributed by atoms with Gasteiger partial charge in [0.15, 0.2) is 0 Å². The molecule has 0 aromatic carbocycles. The maximum atomic E-state index is 11.4. The molecule has 15 heavy (non-hydrogen) atoms. The highest BCUT2D eigenvalue weighted by atomic mass is 16.2. The summed E-state index contributed by atoms with van der Waals surface area (Å²) >= 11 is 0. The number of amides is 2. The number of urea groups is 1. The van der Waals surface area contributed by atoms with Crippen molar-refractivity contribution in [2.45, 2.75) is 51.6 Å². The smallest absolute Gasteiger partial charge is 0.315 e. The average molecular weight is 213 g/mol. The molecule has 4 nitrogen and oxygen atoms in total. The number of carbonyl (C=O) groups is 1. The zero-order valence-corrected chi connectivity index (χ0v) is 10.0. The normalized spacial score (nSPS) is 21.4. The highest BCUT2D eigenvalue weighted by molar-refractivity contribution is 5.74. The van der Waals surface area contributed by atoms with E-state index in [-0.39, 0.29) is 11.6 Å². The Kier molecular flexibility index (Phi) is 4.39. The van der Waals surface area contributed by atoms with Crippen molar-refractivity contribution < 1.29 is 4.79 Å². The predicted octanol–water partition coefficient (Wildman–Crippen LogP) is 1.23. The fourth-order valence-corrected chi connectivity index (χ4v) is 1.75. The van der Waals surface area contributed by atoms with Gasteiger partial charge in [0.25, 0.3) is 0 Å². The van der Waals surface area contributed by atoms with Gasteiger partial charge in [-0.05, 0) is 46.6 Å². The van der Waals surface area contributed by atoms with Crippen molar-refractivity contribution in [2.24, 2.45) is 0 Å². The lowest BCUT2D eigenvalue weighted by Gasteiger charge is -2.21. The van der Waals surface area contributed by atoms with E-state index in [1.165, 1.54) is 12.8 Å². The minimum absolute atomic E-state index is 0.0690. The maximum absolute atomic E-state index is 11.4. The summed E-state index contributed by atoms with van der Waals surface area (Å²) in [5.74, 6) is 0. The molecule has 0 aromatic heterocycles. The van der Waals surface area contributed by atoms with Crippen LogP contribution in [0.1, 0.15) is 40.0 Å². The van der Waals surface area contributed by atoms with Gasteiger partial charge in [-0.1, -0.05) is 0 Å². The van der Waals surface area contributed by atoms with Crippen LogP contribution in [-0.4, -0.2) is 30.7 Å². The molecule has 1 saturated heterocycles. The number of hydrogen-bond donors (Lipinski definition) is 3. The molecule has 0 aromatic rings. The average Bonchev–Trinajstić information content (AvgIpc) is 2.53. The molecule has 0 aliphatic carbocycles. The summed E-state index contributed by atoms with van der Waals surface area (Å²) in [6, 6.07) is 0.528. The first-order chi connectivity index (χ1) is 6.97. The lowest BCUT2D eigenvalue weighted by Crippen LogP contribution is -2.47. The molecule has 1 atom stereocenters. The van der Waals surface area contributed by atoms with E-state index < -0.39 is 0 Å². The molecule has 1 fully saturated rings. The van der Waals surface area contributed by atoms with E-state index in [0.29, 0.717) is 6.04 Å². The molecular formula is C11H23N3O. The molecule has 0 radical (unpaired) electrons. The van der Waals surface area contributed by atoms with Gasteiger partial charge in [0.2, 0.25) is 0 Å². The molecule has 1 heterocycles. The van der Waals surface area contributed by atoms with Gasteiger partial charge >= 0.3 is 6.03 Å². The standard InChI is InChI=1S/C11H23N3O/c1-11(2,3)14-10(15)13-8-6-9-5-4-7-12-9/h9,12H,4-8H2,1-3H3,(H2,13,14,15)/t9-/m1/s1. The molecular weight excluding hydrogens is 190 g/mol. The summed E-state index contributed by atoms with van der Waals surface area (Å²) in [4.78, 5) is 11.4. The van der Waals surface area contributed by atoms with Gasteiger partial charge in [-0.15, -0.1) is 0 Å². The highest BCUT2D eigenvalue weighted by Crippen LogP contribution is 2.07. The fourth-order valence-electron chi connectivity index (χ4n) is 1.75. The molecule has 1 rings (SSSR count). The van der Waals surface area contributed by atoms with Crippen molar-refractivity contribution in [3.05, 3.63) is 0 Å². The van der Waals surface area contributed by atoms with E-state index in [9.17, 15) is 4.79 Å². The van der Waals surface area contributed by atoms with Crippen LogP contribution in [0.15, 0.2) is 0 Å². The van der Waals surface area contributed by atoms with Crippen LogP contribution in [0, 0.1) is 0 Å². The SMILES string of the molecule is CC(C)(C)NC(=O)NCC[C@H]1CCCN1. The molecule has 3 N–H and O–H groups in total. The van der Waals surface area contributed by atoms with Crippen molar-refractivity contribution in [1.82, 2.24) is 16.0 Å². The Hall–Kier alpha value is -0.770. The minimum atomic E-state index is -0.157.